The largest absolute Gasteiger partial charge is 0.345 e. The van der Waals surface area contributed by atoms with Crippen LogP contribution in [-0.2, 0) is 0 Å². The lowest BCUT2D eigenvalue weighted by Crippen LogP contribution is -2.41. The van der Waals surface area contributed by atoms with E-state index in [1.165, 1.54) is 10.7 Å². The summed E-state index contributed by atoms with van der Waals surface area (Å²) < 4.78 is 27.8. The molecule has 0 aliphatic rings. The number of carbonyl (C=O) groups excluding carboxylic acids is 1. The van der Waals surface area contributed by atoms with Crippen molar-refractivity contribution in [2.45, 2.75) is 19.8 Å². The van der Waals surface area contributed by atoms with Gasteiger partial charge in [0.05, 0.1) is 23.8 Å². The molecule has 6 nitrogen and oxygen atoms in total. The molecule has 0 saturated carbocycles. The van der Waals surface area contributed by atoms with Crippen molar-refractivity contribution in [3.8, 4) is 5.82 Å². The predicted molar refractivity (Wildman–Crippen MR) is 89.4 cm³/mol. The fraction of sp³-hybridized carbons (Fsp3) is 0.357. The maximum atomic E-state index is 13.1. The average Bonchev–Trinajstić information content (AvgIpc) is 2.84. The lowest BCUT2D eigenvalue weighted by molar-refractivity contribution is 0.0118. The molecule has 0 bridgehead atoms. The van der Waals surface area contributed by atoms with Crippen LogP contribution in [0.15, 0.2) is 18.2 Å². The van der Waals surface area contributed by atoms with Gasteiger partial charge in [-0.05, 0) is 32.0 Å². The predicted octanol–water partition coefficient (Wildman–Crippen LogP) is 2.28. The van der Waals surface area contributed by atoms with Gasteiger partial charge in [0.15, 0.2) is 5.82 Å². The number of aryl methyl sites for hydroxylation is 2. The first-order valence-corrected chi connectivity index (χ1v) is 7.17. The third-order valence-electron chi connectivity index (χ3n) is 3.08. The molecular weight excluding hydrogens is 363 g/mol. The Morgan fingerprint density at radius 2 is 2.08 bits per heavy atom. The second-order valence-electron chi connectivity index (χ2n) is 5.08. The zero-order valence-corrected chi connectivity index (χ0v) is 14.6. The first kappa shape index (κ1) is 20.3. The molecule has 132 valence electrons. The van der Waals surface area contributed by atoms with E-state index in [-0.39, 0.29) is 23.1 Å². The number of pyridine rings is 1. The van der Waals surface area contributed by atoms with E-state index in [0.29, 0.717) is 5.82 Å². The molecule has 2 rings (SSSR count). The van der Waals surface area contributed by atoms with Crippen LogP contribution in [0, 0.1) is 13.8 Å². The van der Waals surface area contributed by atoms with Crippen LogP contribution in [0.5, 0.6) is 0 Å². The van der Waals surface area contributed by atoms with Gasteiger partial charge < -0.3 is 11.1 Å². The van der Waals surface area contributed by atoms with Crippen molar-refractivity contribution in [1.82, 2.24) is 20.1 Å². The summed E-state index contributed by atoms with van der Waals surface area (Å²) in [6.07, 6.45) is 0. The van der Waals surface area contributed by atoms with Gasteiger partial charge in [-0.3, -0.25) is 4.79 Å². The number of nitrogens with one attached hydrogen (secondary N) is 1. The summed E-state index contributed by atoms with van der Waals surface area (Å²) in [6.45, 7) is 1.91. The first-order chi connectivity index (χ1) is 10.7. The highest BCUT2D eigenvalue weighted by Crippen LogP contribution is 2.18. The number of aromatic nitrogens is 3. The Bertz CT molecular complexity index is 736. The van der Waals surface area contributed by atoms with E-state index in [1.807, 2.05) is 19.9 Å². The van der Waals surface area contributed by atoms with Gasteiger partial charge in [-0.25, -0.2) is 18.4 Å². The van der Waals surface area contributed by atoms with E-state index in [1.54, 1.807) is 6.07 Å². The molecule has 0 fully saturated rings. The van der Waals surface area contributed by atoms with Crippen molar-refractivity contribution < 1.29 is 13.6 Å². The van der Waals surface area contributed by atoms with Crippen molar-refractivity contribution >= 4 is 29.9 Å². The van der Waals surface area contributed by atoms with E-state index in [2.05, 4.69) is 15.4 Å². The minimum atomic E-state index is -3.19. The summed E-state index contributed by atoms with van der Waals surface area (Å²) in [6, 6.07) is 4.90. The van der Waals surface area contributed by atoms with Crippen molar-refractivity contribution in [2.75, 3.05) is 13.1 Å². The third-order valence-corrected chi connectivity index (χ3v) is 3.38. The summed E-state index contributed by atoms with van der Waals surface area (Å²) in [4.78, 5) is 16.2. The van der Waals surface area contributed by atoms with E-state index in [4.69, 9.17) is 17.3 Å². The zero-order valence-electron chi connectivity index (χ0n) is 13.0. The molecule has 2 aromatic rings. The highest BCUT2D eigenvalue weighted by molar-refractivity contribution is 6.33. The van der Waals surface area contributed by atoms with Crippen molar-refractivity contribution in [3.63, 3.8) is 0 Å². The number of halogens is 4. The van der Waals surface area contributed by atoms with Gasteiger partial charge in [-0.2, -0.15) is 5.10 Å². The maximum Gasteiger partial charge on any atom is 0.277 e. The summed E-state index contributed by atoms with van der Waals surface area (Å²) in [5.74, 6) is -3.61. The molecule has 2 heterocycles. The van der Waals surface area contributed by atoms with Crippen LogP contribution in [0.1, 0.15) is 21.9 Å². The van der Waals surface area contributed by atoms with Gasteiger partial charge in [-0.15, -0.1) is 12.4 Å². The molecule has 0 atom stereocenters. The van der Waals surface area contributed by atoms with E-state index in [9.17, 15) is 13.6 Å². The maximum absolute atomic E-state index is 13.1. The fourth-order valence-electron chi connectivity index (χ4n) is 1.94. The molecule has 2 aromatic heterocycles. The quantitative estimate of drug-likeness (QED) is 0.834. The highest BCUT2D eigenvalue weighted by atomic mass is 35.5. The Morgan fingerprint density at radius 3 is 2.62 bits per heavy atom. The van der Waals surface area contributed by atoms with Gasteiger partial charge in [-0.1, -0.05) is 11.6 Å². The lowest BCUT2D eigenvalue weighted by atomic mass is 10.3. The molecule has 0 radical (unpaired) electrons. The first-order valence-electron chi connectivity index (χ1n) is 6.80. The molecular formula is C14H17Cl2F2N5O. The number of nitrogens with two attached hydrogens (primary N) is 1. The Balaban J connectivity index is 0.00000288. The Hall–Kier alpha value is -1.77. The molecule has 0 aliphatic carbocycles. The SMILES string of the molecule is Cc1cc(C)n(-c2ccc(Cl)c(C(=O)NCC(F)(F)CN)n2)n1.Cl. The molecule has 0 aliphatic heterocycles. The van der Waals surface area contributed by atoms with Crippen LogP contribution >= 0.6 is 24.0 Å². The third kappa shape index (κ3) is 4.62. The summed E-state index contributed by atoms with van der Waals surface area (Å²) in [7, 11) is 0. The highest BCUT2D eigenvalue weighted by Gasteiger charge is 2.28. The molecule has 0 unspecified atom stereocenters. The number of rotatable bonds is 5. The van der Waals surface area contributed by atoms with E-state index >= 15 is 0 Å². The Labute approximate surface area is 148 Å². The topological polar surface area (TPSA) is 85.8 Å². The molecule has 0 saturated heterocycles. The van der Waals surface area contributed by atoms with E-state index < -0.39 is 24.9 Å². The van der Waals surface area contributed by atoms with Crippen LogP contribution in [0.4, 0.5) is 8.78 Å². The van der Waals surface area contributed by atoms with Gasteiger partial charge in [0, 0.05) is 5.69 Å². The molecule has 10 heteroatoms. The van der Waals surface area contributed by atoms with Crippen molar-refractivity contribution in [2.24, 2.45) is 5.73 Å². The van der Waals surface area contributed by atoms with Gasteiger partial charge in [0.1, 0.15) is 5.69 Å². The minimum absolute atomic E-state index is 0. The minimum Gasteiger partial charge on any atom is -0.345 e. The van der Waals surface area contributed by atoms with Crippen molar-refractivity contribution in [3.05, 3.63) is 40.3 Å². The van der Waals surface area contributed by atoms with Crippen molar-refractivity contribution in [1.29, 1.82) is 0 Å². The Kier molecular flexibility index (Phi) is 6.65. The van der Waals surface area contributed by atoms with Crippen LogP contribution in [0.2, 0.25) is 5.02 Å². The zero-order chi connectivity index (χ0) is 17.2. The monoisotopic (exact) mass is 379 g/mol. The number of alkyl halides is 2. The Morgan fingerprint density at radius 1 is 1.42 bits per heavy atom. The molecule has 1 amide bonds. The average molecular weight is 380 g/mol. The number of hydrogen-bond acceptors (Lipinski definition) is 4. The number of carbonyl (C=O) groups is 1. The standard InChI is InChI=1S/C14H16ClF2N5O.ClH/c1-8-5-9(2)22(21-8)11-4-3-10(15)12(20-11)13(23)19-7-14(16,17)6-18;/h3-5H,6-7,18H2,1-2H3,(H,19,23);1H. The second kappa shape index (κ2) is 7.87. The number of amides is 1. The smallest absolute Gasteiger partial charge is 0.277 e. The summed E-state index contributed by atoms with van der Waals surface area (Å²) >= 11 is 5.94. The van der Waals surface area contributed by atoms with Crippen LogP contribution in [-0.4, -0.2) is 39.7 Å². The molecule has 0 spiro atoms. The fourth-order valence-corrected chi connectivity index (χ4v) is 2.13. The van der Waals surface area contributed by atoms with Gasteiger partial charge in [0.2, 0.25) is 0 Å². The second-order valence-corrected chi connectivity index (χ2v) is 5.49. The summed E-state index contributed by atoms with van der Waals surface area (Å²) in [5, 5.41) is 6.39. The molecule has 0 aromatic carbocycles. The molecule has 3 N–H and O–H groups in total. The van der Waals surface area contributed by atoms with Crippen LogP contribution < -0.4 is 11.1 Å². The van der Waals surface area contributed by atoms with E-state index in [0.717, 1.165) is 11.4 Å². The van der Waals surface area contributed by atoms with Gasteiger partial charge in [0.25, 0.3) is 11.8 Å². The normalized spacial score (nSPS) is 11.1. The lowest BCUT2D eigenvalue weighted by Gasteiger charge is -2.15. The number of nitrogens with zero attached hydrogens (tertiary/aromatic N) is 3. The molecule has 24 heavy (non-hydrogen) atoms. The number of hydrogen-bond donors (Lipinski definition) is 2. The van der Waals surface area contributed by atoms with Crippen LogP contribution in [0.3, 0.4) is 0 Å². The summed E-state index contributed by atoms with van der Waals surface area (Å²) in [5.41, 5.74) is 6.38. The van der Waals surface area contributed by atoms with Gasteiger partial charge >= 0.3 is 0 Å². The van der Waals surface area contributed by atoms with Crippen LogP contribution in [0.25, 0.3) is 5.82 Å².